The lowest BCUT2D eigenvalue weighted by molar-refractivity contribution is -0.140. The van der Waals surface area contributed by atoms with Gasteiger partial charge in [-0.1, -0.05) is 182 Å². The van der Waals surface area contributed by atoms with E-state index >= 15 is 0 Å². The van der Waals surface area contributed by atoms with Gasteiger partial charge in [0, 0.05) is 0 Å². The molecule has 6 aromatic carbocycles. The van der Waals surface area contributed by atoms with E-state index in [4.69, 9.17) is 0 Å². The molecule has 2 atom stereocenters. The van der Waals surface area contributed by atoms with E-state index in [2.05, 4.69) is 10.6 Å². The largest absolute Gasteiger partial charge is 0.378 e. The third-order valence-electron chi connectivity index (χ3n) is 10.1. The molecule has 0 saturated heterocycles. The zero-order valence-electron chi connectivity index (χ0n) is 28.1. The van der Waals surface area contributed by atoms with Crippen LogP contribution in [0.1, 0.15) is 58.3 Å². The lowest BCUT2D eigenvalue weighted by Crippen LogP contribution is -2.52. The molecule has 0 heterocycles. The molecule has 254 valence electrons. The van der Waals surface area contributed by atoms with Crippen LogP contribution in [0.2, 0.25) is 0 Å². The van der Waals surface area contributed by atoms with Crippen LogP contribution in [-0.2, 0) is 20.8 Å². The van der Waals surface area contributed by atoms with Gasteiger partial charge in [-0.25, -0.2) is 0 Å². The van der Waals surface area contributed by atoms with Crippen LogP contribution in [0.4, 0.5) is 0 Å². The summed E-state index contributed by atoms with van der Waals surface area (Å²) in [5, 5.41) is 32.0. The summed E-state index contributed by atoms with van der Waals surface area (Å²) in [7, 11) is 0. The van der Waals surface area contributed by atoms with E-state index in [1.54, 1.807) is 0 Å². The standard InChI is InChI=1S/C45H40N2O4/c48-41(46-39(33-19-7-1-8-20-33)44(50,35-23-11-3-12-24-35)36-25-13-4-14-26-36)43(31-32-43)42(49)47-40(34-21-9-2-10-22-34)45(51,37-27-15-5-16-28-37)38-29-17-6-18-30-38/h1-30,39-40,50-51H,31-32H2,(H,46,48)(H,47,49)/t39-,40-/m1/s1. The van der Waals surface area contributed by atoms with Crippen LogP contribution in [0.25, 0.3) is 0 Å². The average molecular weight is 673 g/mol. The Labute approximate surface area is 298 Å². The molecular formula is C45H40N2O4. The van der Waals surface area contributed by atoms with Gasteiger partial charge in [0.1, 0.15) is 16.6 Å². The molecule has 0 aromatic heterocycles. The average Bonchev–Trinajstić information content (AvgIpc) is 4.03. The SMILES string of the molecule is O=C(N[C@H](c1ccccc1)C(O)(c1ccccc1)c1ccccc1)C1(C(=O)N[C@H](c2ccccc2)C(O)(c2ccccc2)c2ccccc2)CC1. The van der Waals surface area contributed by atoms with Gasteiger partial charge >= 0.3 is 0 Å². The fraction of sp³-hybridized carbons (Fsp3) is 0.156. The van der Waals surface area contributed by atoms with Crippen LogP contribution in [-0.4, -0.2) is 22.0 Å². The summed E-state index contributed by atoms with van der Waals surface area (Å²) < 4.78 is 0. The first-order chi connectivity index (χ1) is 24.9. The van der Waals surface area contributed by atoms with Gasteiger partial charge in [0.2, 0.25) is 11.8 Å². The van der Waals surface area contributed by atoms with Crippen LogP contribution < -0.4 is 10.6 Å². The molecule has 1 aliphatic carbocycles. The van der Waals surface area contributed by atoms with Crippen molar-refractivity contribution in [1.29, 1.82) is 0 Å². The Morgan fingerprint density at radius 3 is 0.902 bits per heavy atom. The number of aliphatic hydroxyl groups is 2. The van der Waals surface area contributed by atoms with Gasteiger partial charge in [-0.15, -0.1) is 0 Å². The molecule has 0 radical (unpaired) electrons. The van der Waals surface area contributed by atoms with Gasteiger partial charge in [0.15, 0.2) is 0 Å². The third-order valence-corrected chi connectivity index (χ3v) is 10.1. The van der Waals surface area contributed by atoms with Crippen molar-refractivity contribution in [2.75, 3.05) is 0 Å². The predicted molar refractivity (Wildman–Crippen MR) is 198 cm³/mol. The smallest absolute Gasteiger partial charge is 0.236 e. The molecule has 1 aliphatic rings. The van der Waals surface area contributed by atoms with Crippen LogP contribution in [0, 0.1) is 5.41 Å². The number of carbonyl (C=O) groups excluding carboxylic acids is 2. The molecule has 4 N–H and O–H groups in total. The van der Waals surface area contributed by atoms with Crippen molar-refractivity contribution in [3.63, 3.8) is 0 Å². The molecule has 1 fully saturated rings. The number of rotatable bonds is 12. The van der Waals surface area contributed by atoms with Crippen LogP contribution in [0.3, 0.4) is 0 Å². The quantitative estimate of drug-likeness (QED) is 0.102. The number of hydrogen-bond donors (Lipinski definition) is 4. The predicted octanol–water partition coefficient (Wildman–Crippen LogP) is 7.35. The van der Waals surface area contributed by atoms with Crippen molar-refractivity contribution in [3.8, 4) is 0 Å². The van der Waals surface area contributed by atoms with Gasteiger partial charge < -0.3 is 20.8 Å². The first-order valence-electron chi connectivity index (χ1n) is 17.3. The third kappa shape index (κ3) is 6.36. The zero-order chi connectivity index (χ0) is 35.3. The Morgan fingerprint density at radius 1 is 0.431 bits per heavy atom. The number of carbonyl (C=O) groups is 2. The Morgan fingerprint density at radius 2 is 0.667 bits per heavy atom. The topological polar surface area (TPSA) is 98.7 Å². The molecule has 2 amide bonds. The maximum Gasteiger partial charge on any atom is 0.236 e. The Bertz CT molecular complexity index is 1830. The Hall–Kier alpha value is -5.82. The van der Waals surface area contributed by atoms with Crippen molar-refractivity contribution in [1.82, 2.24) is 10.6 Å². The lowest BCUT2D eigenvalue weighted by Gasteiger charge is -2.40. The van der Waals surface area contributed by atoms with Gasteiger partial charge in [0.05, 0.1) is 12.1 Å². The minimum absolute atomic E-state index is 0.317. The van der Waals surface area contributed by atoms with E-state index in [1.165, 1.54) is 0 Å². The lowest BCUT2D eigenvalue weighted by atomic mass is 9.76. The molecule has 51 heavy (non-hydrogen) atoms. The van der Waals surface area contributed by atoms with Crippen molar-refractivity contribution in [3.05, 3.63) is 215 Å². The molecule has 0 aliphatic heterocycles. The monoisotopic (exact) mass is 672 g/mol. The van der Waals surface area contributed by atoms with Gasteiger partial charge in [-0.2, -0.15) is 0 Å². The summed E-state index contributed by atoms with van der Waals surface area (Å²) in [4.78, 5) is 29.2. The summed E-state index contributed by atoms with van der Waals surface area (Å²) in [5.41, 5.74) is -1.02. The highest BCUT2D eigenvalue weighted by Gasteiger charge is 2.59. The minimum Gasteiger partial charge on any atom is -0.378 e. The van der Waals surface area contributed by atoms with E-state index in [9.17, 15) is 19.8 Å². The molecule has 7 rings (SSSR count). The van der Waals surface area contributed by atoms with E-state index < -0.39 is 40.5 Å². The van der Waals surface area contributed by atoms with Crippen molar-refractivity contribution in [2.24, 2.45) is 5.41 Å². The van der Waals surface area contributed by atoms with E-state index in [1.807, 2.05) is 182 Å². The van der Waals surface area contributed by atoms with E-state index in [-0.39, 0.29) is 0 Å². The second-order valence-corrected chi connectivity index (χ2v) is 13.2. The summed E-state index contributed by atoms with van der Waals surface area (Å²) in [5.74, 6) is -0.983. The number of benzene rings is 6. The highest BCUT2D eigenvalue weighted by atomic mass is 16.3. The maximum atomic E-state index is 14.6. The number of nitrogens with one attached hydrogen (secondary N) is 2. The molecule has 0 unspecified atom stereocenters. The second kappa shape index (κ2) is 14.2. The van der Waals surface area contributed by atoms with Crippen LogP contribution in [0.15, 0.2) is 182 Å². The summed E-state index contributed by atoms with van der Waals surface area (Å²) in [6.45, 7) is 0. The number of hydrogen-bond acceptors (Lipinski definition) is 4. The molecule has 6 nitrogen and oxygen atoms in total. The second-order valence-electron chi connectivity index (χ2n) is 13.2. The molecular weight excluding hydrogens is 633 g/mol. The van der Waals surface area contributed by atoms with Crippen molar-refractivity contribution < 1.29 is 19.8 Å². The van der Waals surface area contributed by atoms with Gasteiger partial charge in [-0.3, -0.25) is 9.59 Å². The maximum absolute atomic E-state index is 14.6. The van der Waals surface area contributed by atoms with Crippen LogP contribution >= 0.6 is 0 Å². The molecule has 1 saturated carbocycles. The van der Waals surface area contributed by atoms with E-state index in [0.717, 1.165) is 0 Å². The van der Waals surface area contributed by atoms with Gasteiger partial charge in [-0.05, 0) is 46.2 Å². The van der Waals surface area contributed by atoms with Crippen LogP contribution in [0.5, 0.6) is 0 Å². The van der Waals surface area contributed by atoms with Crippen molar-refractivity contribution in [2.45, 2.75) is 36.1 Å². The molecule has 6 aromatic rings. The first-order valence-corrected chi connectivity index (χ1v) is 17.3. The molecule has 6 heteroatoms. The van der Waals surface area contributed by atoms with Gasteiger partial charge in [0.25, 0.3) is 0 Å². The normalized spacial score (nSPS) is 14.9. The van der Waals surface area contributed by atoms with Crippen molar-refractivity contribution >= 4 is 11.8 Å². The Balaban J connectivity index is 1.28. The summed E-state index contributed by atoms with van der Waals surface area (Å²) in [6, 6.07) is 53.9. The highest BCUT2D eigenvalue weighted by Crippen LogP contribution is 2.50. The molecule has 0 spiro atoms. The summed E-state index contributed by atoms with van der Waals surface area (Å²) in [6.07, 6.45) is 0.635. The molecule has 0 bridgehead atoms. The zero-order valence-corrected chi connectivity index (χ0v) is 28.1. The first kappa shape index (κ1) is 33.7. The minimum atomic E-state index is -1.68. The fourth-order valence-corrected chi connectivity index (χ4v) is 7.14. The Kier molecular flexibility index (Phi) is 9.37. The van der Waals surface area contributed by atoms with E-state index in [0.29, 0.717) is 46.2 Å². The highest BCUT2D eigenvalue weighted by molar-refractivity contribution is 6.08. The fourth-order valence-electron chi connectivity index (χ4n) is 7.14. The number of amides is 2. The summed E-state index contributed by atoms with van der Waals surface area (Å²) >= 11 is 0.